The van der Waals surface area contributed by atoms with Crippen LogP contribution in [0.25, 0.3) is 0 Å². The van der Waals surface area contributed by atoms with Gasteiger partial charge in [0.05, 0.1) is 15.8 Å². The Labute approximate surface area is 126 Å². The van der Waals surface area contributed by atoms with E-state index in [-0.39, 0.29) is 12.1 Å². The fourth-order valence-corrected chi connectivity index (χ4v) is 5.22. The summed E-state index contributed by atoms with van der Waals surface area (Å²) < 4.78 is 26.0. The number of sulfone groups is 1. The highest BCUT2D eigenvalue weighted by Crippen LogP contribution is 2.39. The second-order valence-electron chi connectivity index (χ2n) is 5.75. The van der Waals surface area contributed by atoms with Crippen molar-refractivity contribution in [3.63, 3.8) is 0 Å². The van der Waals surface area contributed by atoms with Crippen molar-refractivity contribution in [2.45, 2.75) is 49.6 Å². The van der Waals surface area contributed by atoms with Gasteiger partial charge in [0.1, 0.15) is 6.10 Å². The molecule has 2 aliphatic rings. The van der Waals surface area contributed by atoms with Crippen molar-refractivity contribution < 1.29 is 13.3 Å². The number of hydrogen-bond acceptors (Lipinski definition) is 4. The van der Waals surface area contributed by atoms with E-state index in [2.05, 4.69) is 0 Å². The zero-order chi connectivity index (χ0) is 15.0. The smallest absolute Gasteiger partial charge is 0.202 e. The van der Waals surface area contributed by atoms with E-state index < -0.39 is 9.84 Å². The fourth-order valence-electron chi connectivity index (χ4n) is 3.40. The number of likely N-dealkylation sites (N-methyl/N-ethyl adjacent to an activating group) is 1. The largest absolute Gasteiger partial charge is 0.291 e. The Morgan fingerprint density at radius 3 is 2.62 bits per heavy atom. The van der Waals surface area contributed by atoms with Crippen LogP contribution < -0.4 is 0 Å². The highest BCUT2D eigenvalue weighted by atomic mass is 32.2. The molecule has 0 amide bonds. The summed E-state index contributed by atoms with van der Waals surface area (Å²) in [6.45, 7) is 1.94. The minimum absolute atomic E-state index is 0.0935. The standard InChI is InChI=1S/C16H21NO3S/c1-12-16-14(17(2)20-12)10-6-7-11-15(16)21(18,19)13-8-4-3-5-9-13/h3-5,8-9,12,14H,6-7,10-11H2,1-2H3. The van der Waals surface area contributed by atoms with Gasteiger partial charge in [-0.25, -0.2) is 8.42 Å². The number of allylic oxidation sites excluding steroid dienone is 1. The van der Waals surface area contributed by atoms with Crippen LogP contribution in [0, 0.1) is 0 Å². The SMILES string of the molecule is CC1ON(C)C2CCCCC(S(=O)(=O)c3ccccc3)=C12. The van der Waals surface area contributed by atoms with E-state index in [1.165, 1.54) is 0 Å². The molecule has 2 atom stereocenters. The Kier molecular flexibility index (Phi) is 3.90. The van der Waals surface area contributed by atoms with Gasteiger partial charge in [-0.15, -0.1) is 0 Å². The summed E-state index contributed by atoms with van der Waals surface area (Å²) in [4.78, 5) is 6.70. The Hall–Kier alpha value is -1.17. The van der Waals surface area contributed by atoms with Crippen LogP contribution in [-0.2, 0) is 14.7 Å². The topological polar surface area (TPSA) is 46.6 Å². The molecule has 2 unspecified atom stereocenters. The molecule has 0 aromatic heterocycles. The summed E-state index contributed by atoms with van der Waals surface area (Å²) in [6, 6.07) is 8.82. The van der Waals surface area contributed by atoms with Gasteiger partial charge >= 0.3 is 0 Å². The van der Waals surface area contributed by atoms with Crippen molar-refractivity contribution >= 4 is 9.84 Å². The lowest BCUT2D eigenvalue weighted by atomic mass is 10.0. The molecule has 1 aliphatic heterocycles. The van der Waals surface area contributed by atoms with E-state index in [4.69, 9.17) is 4.84 Å². The first-order valence-corrected chi connectivity index (χ1v) is 8.93. The van der Waals surface area contributed by atoms with Crippen molar-refractivity contribution in [2.24, 2.45) is 0 Å². The van der Waals surface area contributed by atoms with Gasteiger partial charge in [0.25, 0.3) is 0 Å². The molecular formula is C16H21NO3S. The average molecular weight is 307 g/mol. The quantitative estimate of drug-likeness (QED) is 0.843. The summed E-state index contributed by atoms with van der Waals surface area (Å²) in [6.07, 6.45) is 3.37. The number of benzene rings is 1. The van der Waals surface area contributed by atoms with E-state index in [1.54, 1.807) is 24.3 Å². The lowest BCUT2D eigenvalue weighted by molar-refractivity contribution is -0.138. The van der Waals surface area contributed by atoms with E-state index in [1.807, 2.05) is 25.1 Å². The second-order valence-corrected chi connectivity index (χ2v) is 7.72. The molecule has 0 saturated carbocycles. The first-order valence-electron chi connectivity index (χ1n) is 7.44. The van der Waals surface area contributed by atoms with Crippen molar-refractivity contribution in [3.05, 3.63) is 40.8 Å². The van der Waals surface area contributed by atoms with Crippen LogP contribution in [0.5, 0.6) is 0 Å². The summed E-state index contributed by atoms with van der Waals surface area (Å²) >= 11 is 0. The van der Waals surface area contributed by atoms with Crippen LogP contribution in [0.1, 0.15) is 32.6 Å². The van der Waals surface area contributed by atoms with E-state index in [0.717, 1.165) is 24.8 Å². The van der Waals surface area contributed by atoms with Crippen LogP contribution in [0.3, 0.4) is 0 Å². The lowest BCUT2D eigenvalue weighted by Gasteiger charge is -2.17. The molecule has 1 aromatic carbocycles. The van der Waals surface area contributed by atoms with Gasteiger partial charge in [-0.3, -0.25) is 4.84 Å². The summed E-state index contributed by atoms with van der Waals surface area (Å²) in [5, 5.41) is 1.83. The number of hydrogen-bond donors (Lipinski definition) is 0. The highest BCUT2D eigenvalue weighted by Gasteiger charge is 2.40. The van der Waals surface area contributed by atoms with Crippen LogP contribution in [0.2, 0.25) is 0 Å². The molecule has 0 N–H and O–H groups in total. The van der Waals surface area contributed by atoms with Gasteiger partial charge < -0.3 is 0 Å². The van der Waals surface area contributed by atoms with Gasteiger partial charge in [0, 0.05) is 7.05 Å². The molecule has 1 aliphatic carbocycles. The van der Waals surface area contributed by atoms with E-state index in [9.17, 15) is 8.42 Å². The number of hydroxylamine groups is 2. The maximum atomic E-state index is 13.0. The monoisotopic (exact) mass is 307 g/mol. The molecule has 114 valence electrons. The van der Waals surface area contributed by atoms with Crippen LogP contribution in [-0.4, -0.2) is 32.7 Å². The first-order chi connectivity index (χ1) is 10.0. The maximum absolute atomic E-state index is 13.0. The third-order valence-corrected chi connectivity index (χ3v) is 6.37. The molecule has 1 heterocycles. The van der Waals surface area contributed by atoms with Crippen LogP contribution in [0.15, 0.2) is 45.7 Å². The molecule has 0 bridgehead atoms. The lowest BCUT2D eigenvalue weighted by Crippen LogP contribution is -2.25. The van der Waals surface area contributed by atoms with Gasteiger partial charge in [-0.1, -0.05) is 24.6 Å². The van der Waals surface area contributed by atoms with E-state index >= 15 is 0 Å². The van der Waals surface area contributed by atoms with Crippen molar-refractivity contribution in [1.29, 1.82) is 0 Å². The van der Waals surface area contributed by atoms with Gasteiger partial charge in [0.15, 0.2) is 0 Å². The predicted molar refractivity (Wildman–Crippen MR) is 81.2 cm³/mol. The van der Waals surface area contributed by atoms with Crippen LogP contribution >= 0.6 is 0 Å². The Bertz CT molecular complexity index is 651. The molecule has 1 fully saturated rings. The third-order valence-electron chi connectivity index (χ3n) is 4.39. The van der Waals surface area contributed by atoms with Crippen molar-refractivity contribution in [2.75, 3.05) is 7.05 Å². The predicted octanol–water partition coefficient (Wildman–Crippen LogP) is 2.92. The minimum Gasteiger partial charge on any atom is -0.291 e. The summed E-state index contributed by atoms with van der Waals surface area (Å²) in [5.74, 6) is 0. The Morgan fingerprint density at radius 2 is 1.90 bits per heavy atom. The third kappa shape index (κ3) is 2.54. The van der Waals surface area contributed by atoms with Crippen molar-refractivity contribution in [1.82, 2.24) is 5.06 Å². The molecule has 0 radical (unpaired) electrons. The fraction of sp³-hybridized carbons (Fsp3) is 0.500. The molecule has 21 heavy (non-hydrogen) atoms. The zero-order valence-electron chi connectivity index (χ0n) is 12.5. The van der Waals surface area contributed by atoms with Gasteiger partial charge in [-0.2, -0.15) is 5.06 Å². The Morgan fingerprint density at radius 1 is 1.19 bits per heavy atom. The molecule has 1 saturated heterocycles. The molecule has 3 rings (SSSR count). The number of fused-ring (bicyclic) bond motifs is 1. The zero-order valence-corrected chi connectivity index (χ0v) is 13.3. The summed E-state index contributed by atoms with van der Waals surface area (Å²) in [7, 11) is -1.53. The minimum atomic E-state index is -3.42. The Balaban J connectivity index is 2.14. The normalized spacial score (nSPS) is 27.5. The van der Waals surface area contributed by atoms with Gasteiger partial charge in [-0.05, 0) is 43.9 Å². The van der Waals surface area contributed by atoms with Crippen molar-refractivity contribution in [3.8, 4) is 0 Å². The molecule has 0 spiro atoms. The number of rotatable bonds is 2. The maximum Gasteiger partial charge on any atom is 0.202 e. The highest BCUT2D eigenvalue weighted by molar-refractivity contribution is 7.95. The van der Waals surface area contributed by atoms with Gasteiger partial charge in [0.2, 0.25) is 9.84 Å². The molecule has 4 nitrogen and oxygen atoms in total. The second kappa shape index (κ2) is 5.55. The average Bonchev–Trinajstić information content (AvgIpc) is 2.67. The number of nitrogens with zero attached hydrogens (tertiary/aromatic N) is 1. The summed E-state index contributed by atoms with van der Waals surface area (Å²) in [5.41, 5.74) is 0.957. The molecule has 1 aromatic rings. The molecule has 5 heteroatoms. The van der Waals surface area contributed by atoms with E-state index in [0.29, 0.717) is 16.2 Å². The molecular weight excluding hydrogens is 286 g/mol. The van der Waals surface area contributed by atoms with Crippen LogP contribution in [0.4, 0.5) is 0 Å². The first kappa shape index (κ1) is 14.8.